The number of hydrogen-bond donors (Lipinski definition) is 0. The van der Waals surface area contributed by atoms with Gasteiger partial charge in [0, 0.05) is 18.6 Å². The fraction of sp³-hybridized carbons (Fsp3) is 0.312. The second-order valence-electron chi connectivity index (χ2n) is 4.73. The summed E-state index contributed by atoms with van der Waals surface area (Å²) in [7, 11) is -4.27. The number of unbranched alkanes of at least 4 members (excludes halogenated alkanes) is 1. The molecule has 2 aromatic rings. The lowest BCUT2D eigenvalue weighted by Gasteiger charge is -2.05. The van der Waals surface area contributed by atoms with Gasteiger partial charge in [0.25, 0.3) is 0 Å². The van der Waals surface area contributed by atoms with Crippen molar-refractivity contribution in [2.24, 2.45) is 0 Å². The van der Waals surface area contributed by atoms with Crippen molar-refractivity contribution >= 4 is 10.1 Å². The van der Waals surface area contributed by atoms with Gasteiger partial charge in [0.2, 0.25) is 0 Å². The van der Waals surface area contributed by atoms with Crippen LogP contribution in [0.5, 0.6) is 0 Å². The van der Waals surface area contributed by atoms with Gasteiger partial charge in [0.1, 0.15) is 16.7 Å². The van der Waals surface area contributed by atoms with E-state index in [0.717, 1.165) is 12.1 Å². The molecule has 0 aliphatic carbocycles. The number of aromatic nitrogens is 1. The molecule has 114 valence electrons. The zero-order chi connectivity index (χ0) is 15.7. The molecule has 1 heterocycles. The topological polar surface area (TPSA) is 61.1 Å². The zero-order valence-electron chi connectivity index (χ0n) is 12.4. The Bertz CT molecular complexity index is 622. The van der Waals surface area contributed by atoms with Crippen LogP contribution < -0.4 is 4.57 Å². The van der Waals surface area contributed by atoms with Crippen LogP contribution in [0.4, 0.5) is 0 Å². The van der Waals surface area contributed by atoms with E-state index >= 15 is 0 Å². The summed E-state index contributed by atoms with van der Waals surface area (Å²) >= 11 is 0. The van der Waals surface area contributed by atoms with Gasteiger partial charge in [0.15, 0.2) is 12.4 Å². The van der Waals surface area contributed by atoms with Crippen LogP contribution in [0.1, 0.15) is 25.3 Å². The normalized spacial score (nSPS) is 10.6. The van der Waals surface area contributed by atoms with Gasteiger partial charge < -0.3 is 4.55 Å². The molecule has 1 aromatic carbocycles. The summed E-state index contributed by atoms with van der Waals surface area (Å²) < 4.78 is 33.4. The number of benzene rings is 1. The minimum Gasteiger partial charge on any atom is -0.744 e. The van der Waals surface area contributed by atoms with Crippen molar-refractivity contribution in [1.29, 1.82) is 0 Å². The molecule has 0 bridgehead atoms. The maximum Gasteiger partial charge on any atom is 0.168 e. The van der Waals surface area contributed by atoms with Crippen LogP contribution in [-0.4, -0.2) is 13.0 Å². The summed E-state index contributed by atoms with van der Waals surface area (Å²) in [6.45, 7) is 5.18. The number of hydrogen-bond acceptors (Lipinski definition) is 3. The smallest absolute Gasteiger partial charge is 0.168 e. The van der Waals surface area contributed by atoms with Gasteiger partial charge in [-0.3, -0.25) is 0 Å². The molecule has 0 unspecified atom stereocenters. The van der Waals surface area contributed by atoms with E-state index in [1.807, 2.05) is 13.0 Å². The summed E-state index contributed by atoms with van der Waals surface area (Å²) in [6.07, 6.45) is 6.75. The van der Waals surface area contributed by atoms with Crippen LogP contribution in [0, 0.1) is 6.92 Å². The minimum absolute atomic E-state index is 0.178. The molecule has 0 aliphatic heterocycles. The van der Waals surface area contributed by atoms with Crippen molar-refractivity contribution in [3.63, 3.8) is 0 Å². The van der Waals surface area contributed by atoms with E-state index in [4.69, 9.17) is 0 Å². The molecule has 4 nitrogen and oxygen atoms in total. The van der Waals surface area contributed by atoms with E-state index in [1.165, 1.54) is 25.0 Å². The Kier molecular flexibility index (Phi) is 7.05. The third-order valence-electron chi connectivity index (χ3n) is 2.86. The lowest BCUT2D eigenvalue weighted by molar-refractivity contribution is -0.697. The highest BCUT2D eigenvalue weighted by Crippen LogP contribution is 2.08. The number of pyridine rings is 1. The Balaban J connectivity index is 0.000000211. The SMILES string of the molecule is CCCC[n+]1ccccc1.Cc1ccc(S(=O)(=O)[O-])cc1. The molecule has 5 heteroatoms. The van der Waals surface area contributed by atoms with Crippen molar-refractivity contribution < 1.29 is 17.5 Å². The van der Waals surface area contributed by atoms with Gasteiger partial charge in [-0.25, -0.2) is 13.0 Å². The molecule has 0 N–H and O–H groups in total. The first kappa shape index (κ1) is 17.3. The lowest BCUT2D eigenvalue weighted by atomic mass is 10.2. The van der Waals surface area contributed by atoms with Gasteiger partial charge >= 0.3 is 0 Å². The summed E-state index contributed by atoms with van der Waals surface area (Å²) in [5, 5.41) is 0. The quantitative estimate of drug-likeness (QED) is 0.644. The fourth-order valence-electron chi connectivity index (χ4n) is 1.63. The monoisotopic (exact) mass is 307 g/mol. The van der Waals surface area contributed by atoms with E-state index < -0.39 is 10.1 Å². The highest BCUT2D eigenvalue weighted by molar-refractivity contribution is 7.85. The Morgan fingerprint density at radius 3 is 2.10 bits per heavy atom. The predicted octanol–water partition coefficient (Wildman–Crippen LogP) is 2.67. The molecule has 0 aliphatic rings. The fourth-order valence-corrected chi connectivity index (χ4v) is 2.10. The summed E-state index contributed by atoms with van der Waals surface area (Å²) in [6, 6.07) is 12.0. The standard InChI is InChI=1S/C9H14N.C7H8O3S/c1-2-3-7-10-8-5-4-6-9-10;1-6-2-4-7(5-3-6)11(8,9)10/h4-6,8-9H,2-3,7H2,1H3;2-5H,1H3,(H,8,9,10)/q+1;/p-1. The number of rotatable bonds is 4. The van der Waals surface area contributed by atoms with Crippen LogP contribution in [-0.2, 0) is 16.7 Å². The third kappa shape index (κ3) is 7.02. The van der Waals surface area contributed by atoms with E-state index in [9.17, 15) is 13.0 Å². The summed E-state index contributed by atoms with van der Waals surface area (Å²) in [5.41, 5.74) is 0.928. The van der Waals surface area contributed by atoms with E-state index in [1.54, 1.807) is 12.1 Å². The highest BCUT2D eigenvalue weighted by Gasteiger charge is 1.97. The summed E-state index contributed by atoms with van der Waals surface area (Å²) in [4.78, 5) is -0.178. The van der Waals surface area contributed by atoms with Gasteiger partial charge in [-0.05, 0) is 19.1 Å². The molecule has 2 rings (SSSR count). The van der Waals surface area contributed by atoms with Crippen molar-refractivity contribution in [2.45, 2.75) is 38.1 Å². The van der Waals surface area contributed by atoms with Crippen molar-refractivity contribution in [3.8, 4) is 0 Å². The maximum absolute atomic E-state index is 10.4. The van der Waals surface area contributed by atoms with Crippen molar-refractivity contribution in [3.05, 3.63) is 60.4 Å². The Labute approximate surface area is 126 Å². The molecular formula is C16H21NO3S. The molecule has 0 saturated heterocycles. The second-order valence-corrected chi connectivity index (χ2v) is 6.11. The molecule has 21 heavy (non-hydrogen) atoms. The van der Waals surface area contributed by atoms with Crippen LogP contribution >= 0.6 is 0 Å². The van der Waals surface area contributed by atoms with Gasteiger partial charge in [0.05, 0.1) is 4.90 Å². The Hall–Kier alpha value is -1.72. The molecule has 0 fully saturated rings. The predicted molar refractivity (Wildman–Crippen MR) is 80.7 cm³/mol. The minimum atomic E-state index is -4.27. The zero-order valence-corrected chi connectivity index (χ0v) is 13.2. The maximum atomic E-state index is 10.4. The third-order valence-corrected chi connectivity index (χ3v) is 3.71. The van der Waals surface area contributed by atoms with Crippen LogP contribution in [0.2, 0.25) is 0 Å². The molecule has 0 amide bonds. The first-order chi connectivity index (χ1) is 9.93. The Morgan fingerprint density at radius 1 is 1.05 bits per heavy atom. The average Bonchev–Trinajstić information content (AvgIpc) is 2.46. The van der Waals surface area contributed by atoms with Gasteiger partial charge in [-0.2, -0.15) is 0 Å². The van der Waals surface area contributed by atoms with E-state index in [-0.39, 0.29) is 4.90 Å². The lowest BCUT2D eigenvalue weighted by Crippen LogP contribution is -2.31. The van der Waals surface area contributed by atoms with Crippen molar-refractivity contribution in [2.75, 3.05) is 0 Å². The summed E-state index contributed by atoms with van der Waals surface area (Å²) in [5.74, 6) is 0. The highest BCUT2D eigenvalue weighted by atomic mass is 32.2. The van der Waals surface area contributed by atoms with Gasteiger partial charge in [-0.1, -0.05) is 37.1 Å². The van der Waals surface area contributed by atoms with Crippen LogP contribution in [0.15, 0.2) is 59.8 Å². The number of nitrogens with zero attached hydrogens (tertiary/aromatic N) is 1. The number of aryl methyl sites for hydroxylation is 2. The molecule has 1 aromatic heterocycles. The van der Waals surface area contributed by atoms with Crippen molar-refractivity contribution in [1.82, 2.24) is 0 Å². The van der Waals surface area contributed by atoms with Crippen LogP contribution in [0.3, 0.4) is 0 Å². The molecule has 0 saturated carbocycles. The first-order valence-corrected chi connectivity index (χ1v) is 8.31. The molecule has 0 radical (unpaired) electrons. The van der Waals surface area contributed by atoms with E-state index in [2.05, 4.69) is 36.0 Å². The molecular weight excluding hydrogens is 286 g/mol. The molecule has 0 spiro atoms. The first-order valence-electron chi connectivity index (χ1n) is 6.90. The second kappa shape index (κ2) is 8.54. The molecule has 0 atom stereocenters. The largest absolute Gasteiger partial charge is 0.744 e. The van der Waals surface area contributed by atoms with Gasteiger partial charge in [-0.15, -0.1) is 0 Å². The Morgan fingerprint density at radius 2 is 1.62 bits per heavy atom. The average molecular weight is 307 g/mol. The van der Waals surface area contributed by atoms with E-state index in [0.29, 0.717) is 0 Å². The van der Waals surface area contributed by atoms with Crippen LogP contribution in [0.25, 0.3) is 0 Å².